The fourth-order valence-corrected chi connectivity index (χ4v) is 1.59. The first-order chi connectivity index (χ1) is 8.54. The minimum Gasteiger partial charge on any atom is -0.490 e. The van der Waals surface area contributed by atoms with Crippen molar-refractivity contribution in [3.05, 3.63) is 33.4 Å². The molecule has 0 amide bonds. The van der Waals surface area contributed by atoms with Crippen LogP contribution in [0.4, 0.5) is 5.69 Å². The van der Waals surface area contributed by atoms with Gasteiger partial charge in [0.2, 0.25) is 5.75 Å². The van der Waals surface area contributed by atoms with Crippen LogP contribution in [0.5, 0.6) is 5.75 Å². The van der Waals surface area contributed by atoms with Gasteiger partial charge >= 0.3 is 11.7 Å². The maximum atomic E-state index is 11.7. The van der Waals surface area contributed by atoms with Crippen LogP contribution < -0.4 is 4.74 Å². The lowest BCUT2D eigenvalue weighted by molar-refractivity contribution is -0.385. The molecule has 6 nitrogen and oxygen atoms in total. The molecule has 0 aromatic heterocycles. The lowest BCUT2D eigenvalue weighted by atomic mass is 10.1. The third-order valence-corrected chi connectivity index (χ3v) is 2.43. The van der Waals surface area contributed by atoms with Gasteiger partial charge in [-0.05, 0) is 25.0 Å². The standard InChI is InChI=1S/C12H15NO5/c1-4-8-6-9(12(14)18-5-2)11(17-3)10(7-8)13(15)16/h6-7H,4-5H2,1-3H3. The number of nitro benzene ring substituents is 1. The van der Waals surface area contributed by atoms with E-state index < -0.39 is 10.9 Å². The van der Waals surface area contributed by atoms with Gasteiger partial charge in [0.1, 0.15) is 5.56 Å². The lowest BCUT2D eigenvalue weighted by Gasteiger charge is -2.10. The molecule has 1 aromatic rings. The van der Waals surface area contributed by atoms with Gasteiger partial charge in [-0.1, -0.05) is 6.92 Å². The molecule has 1 aromatic carbocycles. The Bertz CT molecular complexity index is 470. The number of carbonyl (C=O) groups excluding carboxylic acids is 1. The first kappa shape index (κ1) is 14.0. The van der Waals surface area contributed by atoms with E-state index in [9.17, 15) is 14.9 Å². The molecule has 6 heteroatoms. The molecule has 0 radical (unpaired) electrons. The van der Waals surface area contributed by atoms with Crippen LogP contribution in [0.2, 0.25) is 0 Å². The summed E-state index contributed by atoms with van der Waals surface area (Å²) in [5.74, 6) is -0.677. The van der Waals surface area contributed by atoms with E-state index in [0.717, 1.165) is 0 Å². The normalized spacial score (nSPS) is 9.94. The highest BCUT2D eigenvalue weighted by Gasteiger charge is 2.24. The van der Waals surface area contributed by atoms with E-state index >= 15 is 0 Å². The van der Waals surface area contributed by atoms with Gasteiger partial charge in [0.05, 0.1) is 18.6 Å². The average molecular weight is 253 g/mol. The summed E-state index contributed by atoms with van der Waals surface area (Å²) in [7, 11) is 1.29. The smallest absolute Gasteiger partial charge is 0.342 e. The Labute approximate surface area is 105 Å². The van der Waals surface area contributed by atoms with Crippen LogP contribution >= 0.6 is 0 Å². The molecular formula is C12H15NO5. The van der Waals surface area contributed by atoms with Gasteiger partial charge in [-0.15, -0.1) is 0 Å². The second kappa shape index (κ2) is 6.00. The first-order valence-electron chi connectivity index (χ1n) is 5.57. The molecule has 0 fully saturated rings. The predicted octanol–water partition coefficient (Wildman–Crippen LogP) is 2.34. The fourth-order valence-electron chi connectivity index (χ4n) is 1.59. The Morgan fingerprint density at radius 1 is 1.39 bits per heavy atom. The van der Waals surface area contributed by atoms with E-state index in [1.165, 1.54) is 13.2 Å². The number of hydrogen-bond acceptors (Lipinski definition) is 5. The van der Waals surface area contributed by atoms with Crippen molar-refractivity contribution in [1.82, 2.24) is 0 Å². The largest absolute Gasteiger partial charge is 0.490 e. The number of hydrogen-bond donors (Lipinski definition) is 0. The number of carbonyl (C=O) groups is 1. The van der Waals surface area contributed by atoms with Crippen LogP contribution in [0, 0.1) is 10.1 Å². The molecule has 0 saturated heterocycles. The number of benzene rings is 1. The molecule has 0 unspecified atom stereocenters. The van der Waals surface area contributed by atoms with Crippen molar-refractivity contribution in [2.75, 3.05) is 13.7 Å². The van der Waals surface area contributed by atoms with Gasteiger partial charge < -0.3 is 9.47 Å². The molecular weight excluding hydrogens is 238 g/mol. The molecule has 0 aliphatic heterocycles. The highest BCUT2D eigenvalue weighted by Crippen LogP contribution is 2.33. The van der Waals surface area contributed by atoms with Crippen LogP contribution in [-0.4, -0.2) is 24.6 Å². The maximum absolute atomic E-state index is 11.7. The summed E-state index contributed by atoms with van der Waals surface area (Å²) in [6.07, 6.45) is 0.581. The summed E-state index contributed by atoms with van der Waals surface area (Å²) >= 11 is 0. The van der Waals surface area contributed by atoms with Crippen molar-refractivity contribution in [2.45, 2.75) is 20.3 Å². The zero-order valence-electron chi connectivity index (χ0n) is 10.6. The minimum absolute atomic E-state index is 0.0596. The second-order valence-corrected chi connectivity index (χ2v) is 3.53. The van der Waals surface area contributed by atoms with E-state index in [1.807, 2.05) is 6.92 Å². The maximum Gasteiger partial charge on any atom is 0.342 e. The predicted molar refractivity (Wildman–Crippen MR) is 65.0 cm³/mol. The zero-order chi connectivity index (χ0) is 13.7. The topological polar surface area (TPSA) is 78.7 Å². The van der Waals surface area contributed by atoms with Gasteiger partial charge in [0.15, 0.2) is 0 Å². The molecule has 98 valence electrons. The van der Waals surface area contributed by atoms with Crippen LogP contribution in [0.1, 0.15) is 29.8 Å². The number of nitrogens with zero attached hydrogens (tertiary/aromatic N) is 1. The van der Waals surface area contributed by atoms with Crippen molar-refractivity contribution in [2.24, 2.45) is 0 Å². The fraction of sp³-hybridized carbons (Fsp3) is 0.417. The summed E-state index contributed by atoms with van der Waals surface area (Å²) in [5, 5.41) is 11.0. The Balaban J connectivity index is 3.42. The zero-order valence-corrected chi connectivity index (χ0v) is 10.6. The van der Waals surface area contributed by atoms with Crippen LogP contribution in [0.3, 0.4) is 0 Å². The van der Waals surface area contributed by atoms with Gasteiger partial charge in [-0.3, -0.25) is 10.1 Å². The molecule has 0 saturated carbocycles. The Morgan fingerprint density at radius 2 is 2.06 bits per heavy atom. The van der Waals surface area contributed by atoms with Gasteiger partial charge in [-0.2, -0.15) is 0 Å². The average Bonchev–Trinajstić information content (AvgIpc) is 2.37. The molecule has 1 rings (SSSR count). The van der Waals surface area contributed by atoms with Crippen LogP contribution in [0.15, 0.2) is 12.1 Å². The number of methoxy groups -OCH3 is 1. The number of nitro groups is 1. The highest BCUT2D eigenvalue weighted by atomic mass is 16.6. The second-order valence-electron chi connectivity index (χ2n) is 3.53. The van der Waals surface area contributed by atoms with Crippen molar-refractivity contribution in [3.63, 3.8) is 0 Å². The van der Waals surface area contributed by atoms with Crippen molar-refractivity contribution in [3.8, 4) is 5.75 Å². The molecule has 0 spiro atoms. The minimum atomic E-state index is -0.618. The number of rotatable bonds is 5. The first-order valence-corrected chi connectivity index (χ1v) is 5.57. The van der Waals surface area contributed by atoms with Crippen molar-refractivity contribution in [1.29, 1.82) is 0 Å². The Hall–Kier alpha value is -2.11. The lowest BCUT2D eigenvalue weighted by Crippen LogP contribution is -2.09. The SMILES string of the molecule is CCOC(=O)c1cc(CC)cc([N+](=O)[O-])c1OC. The summed E-state index contributed by atoms with van der Waals surface area (Å²) in [6, 6.07) is 2.96. The number of esters is 1. The molecule has 0 bridgehead atoms. The number of ether oxygens (including phenoxy) is 2. The van der Waals surface area contributed by atoms with Crippen molar-refractivity contribution < 1.29 is 19.2 Å². The summed E-state index contributed by atoms with van der Waals surface area (Å²) < 4.78 is 9.83. The van der Waals surface area contributed by atoms with E-state index in [1.54, 1.807) is 13.0 Å². The highest BCUT2D eigenvalue weighted by molar-refractivity contribution is 5.94. The van der Waals surface area contributed by atoms with Gasteiger partial charge in [0.25, 0.3) is 0 Å². The van der Waals surface area contributed by atoms with Crippen molar-refractivity contribution >= 4 is 11.7 Å². The van der Waals surface area contributed by atoms with Gasteiger partial charge in [-0.25, -0.2) is 4.79 Å². The molecule has 0 atom stereocenters. The summed E-state index contributed by atoms with van der Waals surface area (Å²) in [5.41, 5.74) is 0.552. The van der Waals surface area contributed by atoms with Gasteiger partial charge in [0, 0.05) is 6.07 Å². The molecule has 0 N–H and O–H groups in total. The molecule has 0 aliphatic rings. The van der Waals surface area contributed by atoms with E-state index in [-0.39, 0.29) is 23.6 Å². The summed E-state index contributed by atoms with van der Waals surface area (Å²) in [6.45, 7) is 3.72. The molecule has 18 heavy (non-hydrogen) atoms. The Morgan fingerprint density at radius 3 is 2.50 bits per heavy atom. The Kier molecular flexibility index (Phi) is 4.65. The van der Waals surface area contributed by atoms with Crippen LogP contribution in [0.25, 0.3) is 0 Å². The monoisotopic (exact) mass is 253 g/mol. The molecule has 0 heterocycles. The van der Waals surface area contributed by atoms with E-state index in [2.05, 4.69) is 0 Å². The molecule has 0 aliphatic carbocycles. The summed E-state index contributed by atoms with van der Waals surface area (Å²) in [4.78, 5) is 22.1. The van der Waals surface area contributed by atoms with E-state index in [0.29, 0.717) is 12.0 Å². The quantitative estimate of drug-likeness (QED) is 0.457. The third-order valence-electron chi connectivity index (χ3n) is 2.43. The van der Waals surface area contributed by atoms with E-state index in [4.69, 9.17) is 9.47 Å². The van der Waals surface area contributed by atoms with Crippen LogP contribution in [-0.2, 0) is 11.2 Å². The third kappa shape index (κ3) is 2.77. The number of aryl methyl sites for hydroxylation is 1.